The smallest absolute Gasteiger partial charge is 0.259 e. The van der Waals surface area contributed by atoms with Gasteiger partial charge in [0.15, 0.2) is 11.5 Å². The van der Waals surface area contributed by atoms with Crippen molar-refractivity contribution in [2.75, 3.05) is 5.32 Å². The Bertz CT molecular complexity index is 755. The Morgan fingerprint density at radius 3 is 2.43 bits per heavy atom. The summed E-state index contributed by atoms with van der Waals surface area (Å²) in [6.07, 6.45) is 0. The predicted octanol–water partition coefficient (Wildman–Crippen LogP) is 1.59. The van der Waals surface area contributed by atoms with Crippen LogP contribution in [0.5, 0.6) is 11.5 Å². The zero-order chi connectivity index (χ0) is 15.0. The number of imide groups is 1. The van der Waals surface area contributed by atoms with Crippen molar-refractivity contribution >= 4 is 17.5 Å². The van der Waals surface area contributed by atoms with Gasteiger partial charge in [-0.1, -0.05) is 6.07 Å². The summed E-state index contributed by atoms with van der Waals surface area (Å²) in [6.45, 7) is 0.405. The van der Waals surface area contributed by atoms with Crippen molar-refractivity contribution in [1.82, 2.24) is 5.32 Å². The number of fused-ring (bicyclic) bond motifs is 1. The van der Waals surface area contributed by atoms with Gasteiger partial charge in [-0.25, -0.2) is 0 Å². The summed E-state index contributed by atoms with van der Waals surface area (Å²) >= 11 is 0. The van der Waals surface area contributed by atoms with E-state index in [1.54, 1.807) is 24.3 Å². The molecular weight excluding hydrogens is 272 g/mol. The van der Waals surface area contributed by atoms with Crippen LogP contribution in [0.25, 0.3) is 0 Å². The number of benzene rings is 2. The van der Waals surface area contributed by atoms with Crippen molar-refractivity contribution in [3.8, 4) is 11.5 Å². The fraction of sp³-hybridized carbons (Fsp3) is 0.0667. The number of rotatable bonds is 3. The first kappa shape index (κ1) is 13.0. The summed E-state index contributed by atoms with van der Waals surface area (Å²) in [6, 6.07) is 9.43. The standard InChI is InChI=1S/C15H12N2O4/c18-12-4-1-8(5-13(12)19)7-16-9-2-3-10-11(6-9)15(21)17-14(10)20/h1-6,16,18-19H,7H2,(H,17,20,21). The molecule has 0 aliphatic carbocycles. The number of carbonyl (C=O) groups is 2. The number of aromatic hydroxyl groups is 2. The number of carbonyl (C=O) groups excluding carboxylic acids is 2. The number of hydrogen-bond donors (Lipinski definition) is 4. The molecule has 0 saturated heterocycles. The summed E-state index contributed by atoms with van der Waals surface area (Å²) in [4.78, 5) is 23.0. The van der Waals surface area contributed by atoms with Gasteiger partial charge < -0.3 is 15.5 Å². The van der Waals surface area contributed by atoms with Crippen LogP contribution in [-0.4, -0.2) is 22.0 Å². The Hall–Kier alpha value is -3.02. The van der Waals surface area contributed by atoms with E-state index in [1.165, 1.54) is 12.1 Å². The van der Waals surface area contributed by atoms with Crippen LogP contribution >= 0.6 is 0 Å². The molecule has 6 nitrogen and oxygen atoms in total. The van der Waals surface area contributed by atoms with Crippen molar-refractivity contribution in [3.63, 3.8) is 0 Å². The van der Waals surface area contributed by atoms with Crippen molar-refractivity contribution in [2.45, 2.75) is 6.54 Å². The maximum atomic E-state index is 11.6. The molecule has 2 aromatic rings. The zero-order valence-corrected chi connectivity index (χ0v) is 10.9. The van der Waals surface area contributed by atoms with E-state index in [9.17, 15) is 19.8 Å². The third-order valence-electron chi connectivity index (χ3n) is 3.27. The molecule has 0 atom stereocenters. The molecule has 0 saturated carbocycles. The molecule has 21 heavy (non-hydrogen) atoms. The average Bonchev–Trinajstić information content (AvgIpc) is 2.75. The minimum atomic E-state index is -0.402. The van der Waals surface area contributed by atoms with Gasteiger partial charge in [0.2, 0.25) is 0 Å². The Labute approximate surface area is 120 Å². The van der Waals surface area contributed by atoms with Crippen LogP contribution in [0, 0.1) is 0 Å². The minimum Gasteiger partial charge on any atom is -0.504 e. The van der Waals surface area contributed by atoms with E-state index in [2.05, 4.69) is 10.6 Å². The van der Waals surface area contributed by atoms with E-state index < -0.39 is 5.91 Å². The molecule has 106 valence electrons. The van der Waals surface area contributed by atoms with E-state index in [1.807, 2.05) is 0 Å². The lowest BCUT2D eigenvalue weighted by Crippen LogP contribution is -2.19. The topological polar surface area (TPSA) is 98.7 Å². The van der Waals surface area contributed by atoms with Gasteiger partial charge in [0.05, 0.1) is 11.1 Å². The maximum Gasteiger partial charge on any atom is 0.259 e. The number of phenols is 2. The third kappa shape index (κ3) is 2.38. The number of phenolic OH excluding ortho intramolecular Hbond substituents is 2. The maximum absolute atomic E-state index is 11.6. The number of hydrogen-bond acceptors (Lipinski definition) is 5. The molecule has 0 fully saturated rings. The SMILES string of the molecule is O=C1NC(=O)c2cc(NCc3ccc(O)c(O)c3)ccc21. The zero-order valence-electron chi connectivity index (χ0n) is 10.9. The van der Waals surface area contributed by atoms with E-state index in [4.69, 9.17) is 0 Å². The highest BCUT2D eigenvalue weighted by Gasteiger charge is 2.26. The molecule has 2 aromatic carbocycles. The number of amides is 2. The highest BCUT2D eigenvalue weighted by molar-refractivity contribution is 6.21. The van der Waals surface area contributed by atoms with Crippen LogP contribution in [0.2, 0.25) is 0 Å². The molecule has 0 spiro atoms. The van der Waals surface area contributed by atoms with Gasteiger partial charge >= 0.3 is 0 Å². The molecule has 0 unspecified atom stereocenters. The van der Waals surface area contributed by atoms with E-state index in [0.717, 1.165) is 5.56 Å². The Morgan fingerprint density at radius 1 is 0.905 bits per heavy atom. The van der Waals surface area contributed by atoms with E-state index in [-0.39, 0.29) is 17.4 Å². The largest absolute Gasteiger partial charge is 0.504 e. The summed E-state index contributed by atoms with van der Waals surface area (Å²) in [7, 11) is 0. The lowest BCUT2D eigenvalue weighted by molar-refractivity contribution is 0.0879. The van der Waals surface area contributed by atoms with Gasteiger partial charge in [0.1, 0.15) is 0 Å². The van der Waals surface area contributed by atoms with Crippen LogP contribution < -0.4 is 10.6 Å². The van der Waals surface area contributed by atoms with Crippen molar-refractivity contribution in [3.05, 3.63) is 53.1 Å². The average molecular weight is 284 g/mol. The molecule has 1 aliphatic rings. The lowest BCUT2D eigenvalue weighted by atomic mass is 10.1. The summed E-state index contributed by atoms with van der Waals surface area (Å²) < 4.78 is 0. The fourth-order valence-electron chi connectivity index (χ4n) is 2.16. The van der Waals surface area contributed by atoms with Gasteiger partial charge in [0, 0.05) is 12.2 Å². The number of nitrogens with one attached hydrogen (secondary N) is 2. The Morgan fingerprint density at radius 2 is 1.67 bits per heavy atom. The summed E-state index contributed by atoms with van der Waals surface area (Å²) in [5.74, 6) is -1.15. The van der Waals surface area contributed by atoms with Crippen molar-refractivity contribution in [1.29, 1.82) is 0 Å². The molecule has 0 aromatic heterocycles. The molecule has 0 bridgehead atoms. The second-order valence-electron chi connectivity index (χ2n) is 4.72. The quantitative estimate of drug-likeness (QED) is 0.507. The second kappa shape index (κ2) is 4.82. The summed E-state index contributed by atoms with van der Waals surface area (Å²) in [5, 5.41) is 24.0. The van der Waals surface area contributed by atoms with Crippen molar-refractivity contribution in [2.24, 2.45) is 0 Å². The molecule has 1 aliphatic heterocycles. The van der Waals surface area contributed by atoms with Gasteiger partial charge in [-0.05, 0) is 35.9 Å². The first-order valence-corrected chi connectivity index (χ1v) is 6.29. The first-order chi connectivity index (χ1) is 10.0. The second-order valence-corrected chi connectivity index (χ2v) is 4.72. The van der Waals surface area contributed by atoms with Gasteiger partial charge in [0.25, 0.3) is 11.8 Å². The van der Waals surface area contributed by atoms with Gasteiger partial charge in [-0.2, -0.15) is 0 Å². The first-order valence-electron chi connectivity index (χ1n) is 6.29. The Balaban J connectivity index is 1.77. The molecule has 3 rings (SSSR count). The van der Waals surface area contributed by atoms with Gasteiger partial charge in [-0.15, -0.1) is 0 Å². The highest BCUT2D eigenvalue weighted by Crippen LogP contribution is 2.26. The van der Waals surface area contributed by atoms with Crippen LogP contribution in [0.15, 0.2) is 36.4 Å². The van der Waals surface area contributed by atoms with E-state index >= 15 is 0 Å². The lowest BCUT2D eigenvalue weighted by Gasteiger charge is -2.08. The molecule has 1 heterocycles. The Kier molecular flexibility index (Phi) is 2.98. The predicted molar refractivity (Wildman–Crippen MR) is 75.3 cm³/mol. The van der Waals surface area contributed by atoms with Crippen molar-refractivity contribution < 1.29 is 19.8 Å². The normalized spacial score (nSPS) is 13.0. The molecule has 0 radical (unpaired) electrons. The highest BCUT2D eigenvalue weighted by atomic mass is 16.3. The van der Waals surface area contributed by atoms with Crippen LogP contribution in [-0.2, 0) is 6.54 Å². The van der Waals surface area contributed by atoms with E-state index in [0.29, 0.717) is 23.4 Å². The fourth-order valence-corrected chi connectivity index (χ4v) is 2.16. The molecule has 6 heteroatoms. The molecule has 4 N–H and O–H groups in total. The third-order valence-corrected chi connectivity index (χ3v) is 3.27. The van der Waals surface area contributed by atoms with Crippen LogP contribution in [0.1, 0.15) is 26.3 Å². The molecular formula is C15H12N2O4. The monoisotopic (exact) mass is 284 g/mol. The molecule has 2 amide bonds. The van der Waals surface area contributed by atoms with Crippen LogP contribution in [0.3, 0.4) is 0 Å². The summed E-state index contributed by atoms with van der Waals surface area (Å²) in [5.41, 5.74) is 2.17. The minimum absolute atomic E-state index is 0.175. The number of anilines is 1. The van der Waals surface area contributed by atoms with Crippen LogP contribution in [0.4, 0.5) is 5.69 Å². The van der Waals surface area contributed by atoms with Gasteiger partial charge in [-0.3, -0.25) is 14.9 Å².